The molecule has 2 aliphatic rings. The zero-order valence-electron chi connectivity index (χ0n) is 7.03. The molecule has 0 radical (unpaired) electrons. The molecule has 0 spiro atoms. The van der Waals surface area contributed by atoms with Crippen LogP contribution < -0.4 is 5.32 Å². The first kappa shape index (κ1) is 8.34. The van der Waals surface area contributed by atoms with Crippen LogP contribution in [0, 0.1) is 5.92 Å². The van der Waals surface area contributed by atoms with Crippen LogP contribution in [-0.4, -0.2) is 29.3 Å². The van der Waals surface area contributed by atoms with Gasteiger partial charge in [-0.05, 0) is 19.3 Å². The molecule has 1 saturated heterocycles. The SMILES string of the molecule is O=C(O)N[C@H]1CCC2C[C@H]1C(=O)O2. The average Bonchev–Trinajstić information content (AvgIpc) is 2.34. The quantitative estimate of drug-likeness (QED) is 0.578. The van der Waals surface area contributed by atoms with E-state index < -0.39 is 6.09 Å². The summed E-state index contributed by atoms with van der Waals surface area (Å²) in [6, 6.07) is -0.247. The third kappa shape index (κ3) is 1.46. The second kappa shape index (κ2) is 2.90. The highest BCUT2D eigenvalue weighted by molar-refractivity contribution is 5.77. The topological polar surface area (TPSA) is 75.6 Å². The largest absolute Gasteiger partial charge is 0.465 e. The maximum atomic E-state index is 11.2. The molecule has 72 valence electrons. The molecule has 1 amide bonds. The first-order valence-corrected chi connectivity index (χ1v) is 4.37. The number of fused-ring (bicyclic) bond motifs is 2. The van der Waals surface area contributed by atoms with Crippen molar-refractivity contribution in [3.05, 3.63) is 0 Å². The maximum absolute atomic E-state index is 11.2. The summed E-state index contributed by atoms with van der Waals surface area (Å²) in [7, 11) is 0. The molecule has 1 aliphatic carbocycles. The van der Waals surface area contributed by atoms with E-state index in [1.54, 1.807) is 0 Å². The average molecular weight is 185 g/mol. The van der Waals surface area contributed by atoms with E-state index in [4.69, 9.17) is 9.84 Å². The number of carbonyl (C=O) groups excluding carboxylic acids is 1. The number of rotatable bonds is 1. The number of hydrogen-bond acceptors (Lipinski definition) is 3. The molecule has 5 heteroatoms. The van der Waals surface area contributed by atoms with Gasteiger partial charge in [-0.2, -0.15) is 0 Å². The predicted octanol–water partition coefficient (Wildman–Crippen LogP) is 0.348. The van der Waals surface area contributed by atoms with E-state index in [1.165, 1.54) is 0 Å². The summed E-state index contributed by atoms with van der Waals surface area (Å²) in [5, 5.41) is 10.9. The van der Waals surface area contributed by atoms with Crippen LogP contribution in [0.15, 0.2) is 0 Å². The Morgan fingerprint density at radius 2 is 2.31 bits per heavy atom. The molecule has 1 heterocycles. The molecule has 5 nitrogen and oxygen atoms in total. The number of carboxylic acid groups (broad SMARTS) is 1. The molecule has 1 unspecified atom stereocenters. The standard InChI is InChI=1S/C8H11NO4/c10-7-5-3-4(13-7)1-2-6(5)9-8(11)12/h4-6,9H,1-3H2,(H,11,12)/t4?,5-,6+/m1/s1. The Balaban J connectivity index is 2.04. The van der Waals surface area contributed by atoms with E-state index in [2.05, 4.69) is 5.32 Å². The summed E-state index contributed by atoms with van der Waals surface area (Å²) in [6.45, 7) is 0. The molecule has 2 N–H and O–H groups in total. The monoisotopic (exact) mass is 185 g/mol. The summed E-state index contributed by atoms with van der Waals surface area (Å²) in [6.07, 6.45) is 1.11. The van der Waals surface area contributed by atoms with Gasteiger partial charge in [0.25, 0.3) is 0 Å². The van der Waals surface area contributed by atoms with Gasteiger partial charge in [0, 0.05) is 6.04 Å². The van der Waals surface area contributed by atoms with Crippen molar-refractivity contribution in [3.8, 4) is 0 Å². The minimum atomic E-state index is -1.07. The molecule has 2 rings (SSSR count). The number of ether oxygens (including phenoxy) is 1. The third-order valence-corrected chi connectivity index (χ3v) is 2.70. The maximum Gasteiger partial charge on any atom is 0.404 e. The molecule has 2 fully saturated rings. The summed E-state index contributed by atoms with van der Waals surface area (Å²) < 4.78 is 5.03. The van der Waals surface area contributed by atoms with Crippen molar-refractivity contribution < 1.29 is 19.4 Å². The number of nitrogens with one attached hydrogen (secondary N) is 1. The zero-order valence-corrected chi connectivity index (χ0v) is 7.03. The van der Waals surface area contributed by atoms with E-state index in [0.717, 1.165) is 6.42 Å². The van der Waals surface area contributed by atoms with Gasteiger partial charge in [0.15, 0.2) is 0 Å². The van der Waals surface area contributed by atoms with Gasteiger partial charge in [-0.25, -0.2) is 4.79 Å². The van der Waals surface area contributed by atoms with Gasteiger partial charge in [0.1, 0.15) is 6.10 Å². The Kier molecular flexibility index (Phi) is 1.86. The lowest BCUT2D eigenvalue weighted by molar-refractivity contribution is -0.143. The summed E-state index contributed by atoms with van der Waals surface area (Å²) >= 11 is 0. The van der Waals surface area contributed by atoms with Crippen molar-refractivity contribution in [2.45, 2.75) is 31.4 Å². The van der Waals surface area contributed by atoms with Crippen molar-refractivity contribution in [2.24, 2.45) is 5.92 Å². The molecule has 0 aromatic rings. The smallest absolute Gasteiger partial charge is 0.404 e. The molecule has 0 aromatic carbocycles. The first-order valence-electron chi connectivity index (χ1n) is 4.37. The molecule has 2 bridgehead atoms. The fourth-order valence-electron chi connectivity index (χ4n) is 2.08. The Morgan fingerprint density at radius 1 is 1.54 bits per heavy atom. The van der Waals surface area contributed by atoms with Gasteiger partial charge in [-0.15, -0.1) is 0 Å². The molecule has 1 aliphatic heterocycles. The number of amides is 1. The van der Waals surface area contributed by atoms with Gasteiger partial charge < -0.3 is 15.2 Å². The third-order valence-electron chi connectivity index (χ3n) is 2.70. The van der Waals surface area contributed by atoms with Crippen molar-refractivity contribution in [1.29, 1.82) is 0 Å². The highest BCUT2D eigenvalue weighted by Crippen LogP contribution is 2.34. The number of carbonyl (C=O) groups is 2. The van der Waals surface area contributed by atoms with E-state index >= 15 is 0 Å². The lowest BCUT2D eigenvalue weighted by Crippen LogP contribution is -2.42. The molecule has 0 aromatic heterocycles. The molecular formula is C8H11NO4. The van der Waals surface area contributed by atoms with Crippen molar-refractivity contribution in [3.63, 3.8) is 0 Å². The second-order valence-corrected chi connectivity index (χ2v) is 3.53. The van der Waals surface area contributed by atoms with Gasteiger partial charge in [0.2, 0.25) is 0 Å². The van der Waals surface area contributed by atoms with E-state index in [9.17, 15) is 9.59 Å². The van der Waals surface area contributed by atoms with Crippen LogP contribution in [-0.2, 0) is 9.53 Å². The highest BCUT2D eigenvalue weighted by atomic mass is 16.6. The number of hydrogen-bond donors (Lipinski definition) is 2. The fraction of sp³-hybridized carbons (Fsp3) is 0.750. The van der Waals surface area contributed by atoms with Crippen LogP contribution in [0.2, 0.25) is 0 Å². The van der Waals surface area contributed by atoms with Crippen LogP contribution >= 0.6 is 0 Å². The highest BCUT2D eigenvalue weighted by Gasteiger charge is 2.44. The normalized spacial score (nSPS) is 36.9. The summed E-state index contributed by atoms with van der Waals surface area (Å²) in [5.74, 6) is -0.504. The molecule has 1 saturated carbocycles. The Hall–Kier alpha value is -1.26. The van der Waals surface area contributed by atoms with Gasteiger partial charge in [-0.1, -0.05) is 0 Å². The first-order chi connectivity index (χ1) is 6.16. The van der Waals surface area contributed by atoms with Crippen molar-refractivity contribution >= 4 is 12.1 Å². The molecular weight excluding hydrogens is 174 g/mol. The van der Waals surface area contributed by atoms with Gasteiger partial charge in [0.05, 0.1) is 5.92 Å². The zero-order chi connectivity index (χ0) is 9.42. The van der Waals surface area contributed by atoms with E-state index in [0.29, 0.717) is 12.8 Å². The molecule has 13 heavy (non-hydrogen) atoms. The molecule has 3 atom stereocenters. The van der Waals surface area contributed by atoms with Crippen LogP contribution in [0.25, 0.3) is 0 Å². The van der Waals surface area contributed by atoms with Crippen molar-refractivity contribution in [1.82, 2.24) is 5.32 Å². The van der Waals surface area contributed by atoms with Crippen LogP contribution in [0.1, 0.15) is 19.3 Å². The Labute approximate surface area is 75.1 Å². The summed E-state index contributed by atoms with van der Waals surface area (Å²) in [5.41, 5.74) is 0. The van der Waals surface area contributed by atoms with Crippen LogP contribution in [0.5, 0.6) is 0 Å². The lowest BCUT2D eigenvalue weighted by Gasteiger charge is -2.24. The van der Waals surface area contributed by atoms with E-state index in [1.807, 2.05) is 0 Å². The van der Waals surface area contributed by atoms with Gasteiger partial charge >= 0.3 is 12.1 Å². The lowest BCUT2D eigenvalue weighted by atomic mass is 9.85. The number of esters is 1. The van der Waals surface area contributed by atoms with Crippen molar-refractivity contribution in [2.75, 3.05) is 0 Å². The Morgan fingerprint density at radius 3 is 3.00 bits per heavy atom. The van der Waals surface area contributed by atoms with E-state index in [-0.39, 0.29) is 24.0 Å². The predicted molar refractivity (Wildman–Crippen MR) is 42.2 cm³/mol. The van der Waals surface area contributed by atoms with Crippen LogP contribution in [0.3, 0.4) is 0 Å². The Bertz CT molecular complexity index is 253. The van der Waals surface area contributed by atoms with Gasteiger partial charge in [-0.3, -0.25) is 4.79 Å². The summed E-state index contributed by atoms with van der Waals surface area (Å²) in [4.78, 5) is 21.6. The minimum absolute atomic E-state index is 0.0318. The van der Waals surface area contributed by atoms with Crippen LogP contribution in [0.4, 0.5) is 4.79 Å². The second-order valence-electron chi connectivity index (χ2n) is 3.53. The minimum Gasteiger partial charge on any atom is -0.465 e. The fourth-order valence-corrected chi connectivity index (χ4v) is 2.08.